The van der Waals surface area contributed by atoms with E-state index in [9.17, 15) is 19.8 Å². The number of nitrogens with one attached hydrogen (secondary N) is 2. The van der Waals surface area contributed by atoms with Crippen LogP contribution < -0.4 is 10.9 Å². The van der Waals surface area contributed by atoms with Crippen molar-refractivity contribution in [3.05, 3.63) is 47.5 Å². The van der Waals surface area contributed by atoms with E-state index in [0.29, 0.717) is 5.69 Å². The molecule has 8 nitrogen and oxygen atoms in total. The summed E-state index contributed by atoms with van der Waals surface area (Å²) in [7, 11) is 0. The van der Waals surface area contributed by atoms with Crippen molar-refractivity contribution < 1.29 is 30.0 Å². The topological polar surface area (TPSA) is 139 Å². The van der Waals surface area contributed by atoms with E-state index in [1.807, 2.05) is 0 Å². The largest absolute Gasteiger partial charge is 0.508 e. The number of phenolic OH excluding ortho intramolecular Hbond substituents is 2. The predicted octanol–water partition coefficient (Wildman–Crippen LogP) is 1.93. The lowest BCUT2D eigenvalue weighted by atomic mass is 10.1. The number of phenols is 2. The number of hydrazine groups is 1. The van der Waals surface area contributed by atoms with Crippen LogP contribution in [0.4, 0.5) is 11.4 Å². The van der Waals surface area contributed by atoms with Crippen LogP contribution in [0.1, 0.15) is 20.7 Å². The van der Waals surface area contributed by atoms with E-state index in [0.717, 1.165) is 12.1 Å². The Bertz CT molecular complexity index is 692. The van der Waals surface area contributed by atoms with Gasteiger partial charge in [-0.05, 0) is 18.2 Å². The Morgan fingerprint density at radius 2 is 1.09 bits per heavy atom. The van der Waals surface area contributed by atoms with Crippen molar-refractivity contribution in [2.75, 3.05) is 10.9 Å². The molecule has 2 aromatic rings. The molecule has 0 aliphatic rings. The second-order valence-corrected chi connectivity index (χ2v) is 4.40. The molecule has 0 heterocycles. The average molecular weight is 304 g/mol. The normalized spacial score (nSPS) is 10.0. The molecule has 22 heavy (non-hydrogen) atoms. The molecule has 2 rings (SSSR count). The molecule has 0 unspecified atom stereocenters. The summed E-state index contributed by atoms with van der Waals surface area (Å²) < 4.78 is 0. The van der Waals surface area contributed by atoms with Crippen molar-refractivity contribution in [1.29, 1.82) is 0 Å². The van der Waals surface area contributed by atoms with Gasteiger partial charge in [-0.2, -0.15) is 0 Å². The number of rotatable bonds is 5. The number of carbonyl (C=O) groups is 2. The number of hydrogen-bond acceptors (Lipinski definition) is 6. The van der Waals surface area contributed by atoms with Gasteiger partial charge in [0.25, 0.3) is 0 Å². The number of aromatic carboxylic acids is 2. The number of carboxylic acids is 2. The van der Waals surface area contributed by atoms with E-state index in [4.69, 9.17) is 10.2 Å². The van der Waals surface area contributed by atoms with Crippen molar-refractivity contribution in [1.82, 2.24) is 0 Å². The summed E-state index contributed by atoms with van der Waals surface area (Å²) in [5.74, 6) is -2.87. The van der Waals surface area contributed by atoms with Gasteiger partial charge in [-0.1, -0.05) is 0 Å². The first-order valence-corrected chi connectivity index (χ1v) is 6.02. The average Bonchev–Trinajstić information content (AvgIpc) is 2.43. The Kier molecular flexibility index (Phi) is 4.03. The highest BCUT2D eigenvalue weighted by atomic mass is 16.4. The van der Waals surface area contributed by atoms with Gasteiger partial charge in [-0.3, -0.25) is 0 Å². The summed E-state index contributed by atoms with van der Waals surface area (Å²) >= 11 is 0. The van der Waals surface area contributed by atoms with Gasteiger partial charge in [-0.15, -0.1) is 0 Å². The standard InChI is InChI=1S/C14H12N2O6/c17-11-4-10(5-12(18)6-11)16-15-9-2-7(13(19)20)1-8(3-9)14(21)22/h1-6,15-18H,(H,19,20)(H,21,22). The monoisotopic (exact) mass is 304 g/mol. The van der Waals surface area contributed by atoms with Crippen molar-refractivity contribution in [2.45, 2.75) is 0 Å². The van der Waals surface area contributed by atoms with Crippen LogP contribution in [0.15, 0.2) is 36.4 Å². The molecule has 0 amide bonds. The summed E-state index contributed by atoms with van der Waals surface area (Å²) in [5, 5.41) is 36.6. The van der Waals surface area contributed by atoms with Crippen molar-refractivity contribution >= 4 is 23.3 Å². The molecule has 0 radical (unpaired) electrons. The molecule has 0 saturated heterocycles. The third-order valence-electron chi connectivity index (χ3n) is 2.68. The number of aromatic hydroxyl groups is 2. The molecule has 8 heteroatoms. The molecule has 0 aliphatic heterocycles. The third-order valence-corrected chi connectivity index (χ3v) is 2.68. The molecular formula is C14H12N2O6. The van der Waals surface area contributed by atoms with Crippen LogP contribution in [-0.4, -0.2) is 32.4 Å². The van der Waals surface area contributed by atoms with Gasteiger partial charge in [0.15, 0.2) is 0 Å². The molecule has 0 saturated carbocycles. The van der Waals surface area contributed by atoms with Gasteiger partial charge in [0, 0.05) is 18.2 Å². The number of anilines is 2. The van der Waals surface area contributed by atoms with Gasteiger partial charge in [0.1, 0.15) is 11.5 Å². The Morgan fingerprint density at radius 3 is 1.50 bits per heavy atom. The smallest absolute Gasteiger partial charge is 0.335 e. The number of hydrogen-bond donors (Lipinski definition) is 6. The minimum Gasteiger partial charge on any atom is -0.508 e. The fraction of sp³-hybridized carbons (Fsp3) is 0. The third kappa shape index (κ3) is 3.57. The highest BCUT2D eigenvalue weighted by Crippen LogP contribution is 2.24. The highest BCUT2D eigenvalue weighted by Gasteiger charge is 2.11. The SMILES string of the molecule is O=C(O)c1cc(NNc2cc(O)cc(O)c2)cc(C(=O)O)c1. The summed E-state index contributed by atoms with van der Waals surface area (Å²) in [4.78, 5) is 22.0. The van der Waals surface area contributed by atoms with Crippen LogP contribution in [0.25, 0.3) is 0 Å². The van der Waals surface area contributed by atoms with Crippen molar-refractivity contribution in [2.24, 2.45) is 0 Å². The number of benzene rings is 2. The van der Waals surface area contributed by atoms with Gasteiger partial charge in [0.2, 0.25) is 0 Å². The Labute approximate surface area is 124 Å². The molecule has 0 spiro atoms. The summed E-state index contributed by atoms with van der Waals surface area (Å²) in [6, 6.07) is 7.28. The number of carboxylic acid groups (broad SMARTS) is 2. The lowest BCUT2D eigenvalue weighted by Crippen LogP contribution is -2.11. The fourth-order valence-corrected chi connectivity index (χ4v) is 1.76. The molecule has 0 aliphatic carbocycles. The summed E-state index contributed by atoms with van der Waals surface area (Å²) in [6.07, 6.45) is 0. The van der Waals surface area contributed by atoms with Crippen LogP contribution in [0.3, 0.4) is 0 Å². The Hall–Kier alpha value is -3.42. The molecule has 0 fully saturated rings. The molecule has 0 atom stereocenters. The van der Waals surface area contributed by atoms with Crippen molar-refractivity contribution in [3.63, 3.8) is 0 Å². The minimum atomic E-state index is -1.26. The summed E-state index contributed by atoms with van der Waals surface area (Å²) in [5.41, 5.74) is 5.34. The van der Waals surface area contributed by atoms with E-state index in [1.165, 1.54) is 24.3 Å². The predicted molar refractivity (Wildman–Crippen MR) is 77.4 cm³/mol. The highest BCUT2D eigenvalue weighted by molar-refractivity contribution is 5.95. The van der Waals surface area contributed by atoms with Gasteiger partial charge in [0.05, 0.1) is 22.5 Å². The second-order valence-electron chi connectivity index (χ2n) is 4.40. The molecule has 2 aromatic carbocycles. The van der Waals surface area contributed by atoms with Gasteiger partial charge in [-0.25, -0.2) is 9.59 Å². The lowest BCUT2D eigenvalue weighted by Gasteiger charge is -2.12. The van der Waals surface area contributed by atoms with Gasteiger partial charge < -0.3 is 31.3 Å². The van der Waals surface area contributed by atoms with Crippen molar-refractivity contribution in [3.8, 4) is 11.5 Å². The van der Waals surface area contributed by atoms with Crippen LogP contribution >= 0.6 is 0 Å². The Morgan fingerprint density at radius 1 is 0.682 bits per heavy atom. The molecule has 6 N–H and O–H groups in total. The minimum absolute atomic E-state index is 0.171. The van der Waals surface area contributed by atoms with E-state index in [-0.39, 0.29) is 28.3 Å². The Balaban J connectivity index is 2.25. The summed E-state index contributed by atoms with van der Waals surface area (Å²) in [6.45, 7) is 0. The van der Waals surface area contributed by atoms with Crippen LogP contribution in [0.5, 0.6) is 11.5 Å². The quantitative estimate of drug-likeness (QED) is 0.461. The maximum atomic E-state index is 11.0. The van der Waals surface area contributed by atoms with Gasteiger partial charge >= 0.3 is 11.9 Å². The van der Waals surface area contributed by atoms with E-state index in [1.54, 1.807) is 0 Å². The van der Waals surface area contributed by atoms with E-state index >= 15 is 0 Å². The maximum absolute atomic E-state index is 11.0. The zero-order chi connectivity index (χ0) is 16.3. The molecule has 0 aromatic heterocycles. The van der Waals surface area contributed by atoms with Crippen LogP contribution in [-0.2, 0) is 0 Å². The maximum Gasteiger partial charge on any atom is 0.335 e. The zero-order valence-corrected chi connectivity index (χ0v) is 11.1. The second kappa shape index (κ2) is 5.92. The first kappa shape index (κ1) is 15.0. The van der Waals surface area contributed by atoms with E-state index < -0.39 is 11.9 Å². The lowest BCUT2D eigenvalue weighted by molar-refractivity contribution is 0.0696. The van der Waals surface area contributed by atoms with Crippen LogP contribution in [0, 0.1) is 0 Å². The first-order valence-electron chi connectivity index (χ1n) is 6.02. The first-order chi connectivity index (χ1) is 10.3. The molecule has 114 valence electrons. The molecular weight excluding hydrogens is 292 g/mol. The van der Waals surface area contributed by atoms with Crippen LogP contribution in [0.2, 0.25) is 0 Å². The van der Waals surface area contributed by atoms with E-state index in [2.05, 4.69) is 10.9 Å². The zero-order valence-electron chi connectivity index (χ0n) is 11.1. The molecule has 0 bridgehead atoms. The fourth-order valence-electron chi connectivity index (χ4n) is 1.76.